The van der Waals surface area contributed by atoms with Gasteiger partial charge in [-0.15, -0.1) is 0 Å². The van der Waals surface area contributed by atoms with Crippen molar-refractivity contribution in [2.45, 2.75) is 31.7 Å². The summed E-state index contributed by atoms with van der Waals surface area (Å²) in [7, 11) is 0. The summed E-state index contributed by atoms with van der Waals surface area (Å²) < 4.78 is 0. The zero-order valence-corrected chi connectivity index (χ0v) is 8.95. The summed E-state index contributed by atoms with van der Waals surface area (Å²) >= 11 is 0. The van der Waals surface area contributed by atoms with E-state index in [2.05, 4.69) is 5.32 Å². The van der Waals surface area contributed by atoms with Crippen molar-refractivity contribution < 1.29 is 19.5 Å². The van der Waals surface area contributed by atoms with Crippen LogP contribution in [0.25, 0.3) is 0 Å². The van der Waals surface area contributed by atoms with Crippen LogP contribution in [-0.4, -0.2) is 28.6 Å². The molecule has 6 heteroatoms. The maximum atomic E-state index is 11.3. The van der Waals surface area contributed by atoms with Crippen LogP contribution in [0, 0.1) is 0 Å². The van der Waals surface area contributed by atoms with Crippen molar-refractivity contribution in [2.75, 3.05) is 0 Å². The first-order valence-electron chi connectivity index (χ1n) is 4.95. The third-order valence-electron chi connectivity index (χ3n) is 2.49. The number of carbonyl (C=O) groups is 3. The molecule has 1 aliphatic carbocycles. The largest absolute Gasteiger partial charge is 0.478 e. The first-order chi connectivity index (χ1) is 7.41. The molecule has 1 fully saturated rings. The Labute approximate surface area is 92.7 Å². The van der Waals surface area contributed by atoms with Gasteiger partial charge in [0.1, 0.15) is 0 Å². The Morgan fingerprint density at radius 2 is 1.88 bits per heavy atom. The number of carboxylic acids is 1. The Morgan fingerprint density at radius 3 is 2.31 bits per heavy atom. The molecule has 0 bridgehead atoms. The zero-order valence-electron chi connectivity index (χ0n) is 8.95. The van der Waals surface area contributed by atoms with E-state index in [1.807, 2.05) is 12.2 Å². The van der Waals surface area contributed by atoms with Gasteiger partial charge in [0, 0.05) is 17.7 Å². The highest BCUT2D eigenvalue weighted by Crippen LogP contribution is 2.30. The quantitative estimate of drug-likeness (QED) is 0.607. The highest BCUT2D eigenvalue weighted by molar-refractivity contribution is 6.02. The number of hydrogen-bond acceptors (Lipinski definition) is 3. The number of amides is 3. The molecule has 0 unspecified atom stereocenters. The van der Waals surface area contributed by atoms with E-state index in [4.69, 9.17) is 5.11 Å². The van der Waals surface area contributed by atoms with Gasteiger partial charge < -0.3 is 10.4 Å². The molecule has 0 aromatic carbocycles. The zero-order chi connectivity index (χ0) is 12.2. The van der Waals surface area contributed by atoms with Crippen molar-refractivity contribution in [1.82, 2.24) is 10.6 Å². The number of rotatable bonds is 3. The number of urea groups is 1. The molecule has 0 aromatic heterocycles. The smallest absolute Gasteiger partial charge is 0.328 e. The summed E-state index contributed by atoms with van der Waals surface area (Å²) in [4.78, 5) is 32.4. The molecule has 1 aliphatic rings. The van der Waals surface area contributed by atoms with Crippen molar-refractivity contribution in [1.29, 1.82) is 0 Å². The van der Waals surface area contributed by atoms with E-state index in [9.17, 15) is 14.4 Å². The van der Waals surface area contributed by atoms with Crippen LogP contribution in [0.4, 0.5) is 4.79 Å². The normalized spacial score (nSPS) is 17.6. The maximum absolute atomic E-state index is 11.3. The van der Waals surface area contributed by atoms with Crippen LogP contribution in [0.2, 0.25) is 0 Å². The molecule has 0 aliphatic heterocycles. The van der Waals surface area contributed by atoms with E-state index in [1.54, 1.807) is 0 Å². The molecule has 6 nitrogen and oxygen atoms in total. The fourth-order valence-electron chi connectivity index (χ4n) is 1.44. The standard InChI is InChI=1S/C10H14N2O4/c1-10(5-2-6-10)12-9(16)11-7(13)3-4-8(14)15/h3-4H,2,5-6H2,1H3,(H,14,15)(H2,11,12,13,16)/b4-3+. The lowest BCUT2D eigenvalue weighted by atomic mass is 9.79. The van der Waals surface area contributed by atoms with Gasteiger partial charge in [-0.05, 0) is 26.2 Å². The molecule has 0 heterocycles. The minimum atomic E-state index is -1.23. The third-order valence-corrected chi connectivity index (χ3v) is 2.49. The Hall–Kier alpha value is -1.85. The van der Waals surface area contributed by atoms with E-state index in [0.717, 1.165) is 25.3 Å². The van der Waals surface area contributed by atoms with E-state index in [1.165, 1.54) is 0 Å². The molecule has 3 amide bonds. The van der Waals surface area contributed by atoms with E-state index >= 15 is 0 Å². The average molecular weight is 226 g/mol. The van der Waals surface area contributed by atoms with Gasteiger partial charge in [0.05, 0.1) is 0 Å². The van der Waals surface area contributed by atoms with Gasteiger partial charge in [0.15, 0.2) is 0 Å². The van der Waals surface area contributed by atoms with Crippen molar-refractivity contribution in [3.63, 3.8) is 0 Å². The molecular formula is C10H14N2O4. The first kappa shape index (κ1) is 12.2. The predicted octanol–water partition coefficient (Wildman–Crippen LogP) is 0.396. The van der Waals surface area contributed by atoms with Crippen molar-refractivity contribution in [3.05, 3.63) is 12.2 Å². The van der Waals surface area contributed by atoms with Gasteiger partial charge in [-0.2, -0.15) is 0 Å². The number of carboxylic acid groups (broad SMARTS) is 1. The highest BCUT2D eigenvalue weighted by Gasteiger charge is 2.33. The Morgan fingerprint density at radius 1 is 1.25 bits per heavy atom. The van der Waals surface area contributed by atoms with Gasteiger partial charge in [-0.1, -0.05) is 0 Å². The molecule has 1 rings (SSSR count). The van der Waals surface area contributed by atoms with Crippen molar-refractivity contribution >= 4 is 17.9 Å². The van der Waals surface area contributed by atoms with Crippen LogP contribution in [0.15, 0.2) is 12.2 Å². The van der Waals surface area contributed by atoms with E-state index in [-0.39, 0.29) is 5.54 Å². The molecular weight excluding hydrogens is 212 g/mol. The summed E-state index contributed by atoms with van der Waals surface area (Å²) in [5.74, 6) is -1.98. The molecule has 0 saturated heterocycles. The number of nitrogens with one attached hydrogen (secondary N) is 2. The monoisotopic (exact) mass is 226 g/mol. The van der Waals surface area contributed by atoms with Gasteiger partial charge in [-0.3, -0.25) is 10.1 Å². The van der Waals surface area contributed by atoms with Crippen LogP contribution < -0.4 is 10.6 Å². The third kappa shape index (κ3) is 3.72. The van der Waals surface area contributed by atoms with Gasteiger partial charge >= 0.3 is 12.0 Å². The molecule has 16 heavy (non-hydrogen) atoms. The summed E-state index contributed by atoms with van der Waals surface area (Å²) in [5.41, 5.74) is -0.235. The first-order valence-corrected chi connectivity index (χ1v) is 4.95. The number of carbonyl (C=O) groups excluding carboxylic acids is 2. The number of imide groups is 1. The second-order valence-electron chi connectivity index (χ2n) is 4.03. The Balaban J connectivity index is 2.34. The Kier molecular flexibility index (Phi) is 3.65. The van der Waals surface area contributed by atoms with Crippen LogP contribution in [0.1, 0.15) is 26.2 Å². The van der Waals surface area contributed by atoms with Crippen LogP contribution in [0.3, 0.4) is 0 Å². The minimum Gasteiger partial charge on any atom is -0.478 e. The van der Waals surface area contributed by atoms with Gasteiger partial charge in [-0.25, -0.2) is 9.59 Å². The second kappa shape index (κ2) is 4.78. The summed E-state index contributed by atoms with van der Waals surface area (Å²) in [5, 5.41) is 12.9. The lowest BCUT2D eigenvalue weighted by molar-refractivity contribution is -0.131. The summed E-state index contributed by atoms with van der Waals surface area (Å²) in [6.45, 7) is 1.90. The van der Waals surface area contributed by atoms with Gasteiger partial charge in [0.25, 0.3) is 5.91 Å². The molecule has 0 spiro atoms. The molecule has 0 aromatic rings. The lowest BCUT2D eigenvalue weighted by Gasteiger charge is -2.38. The molecule has 88 valence electrons. The van der Waals surface area contributed by atoms with Crippen LogP contribution in [-0.2, 0) is 9.59 Å². The van der Waals surface area contributed by atoms with E-state index in [0.29, 0.717) is 6.08 Å². The number of hydrogen-bond donors (Lipinski definition) is 3. The SMILES string of the molecule is CC1(NC(=O)NC(=O)/C=C/C(=O)O)CCC1. The highest BCUT2D eigenvalue weighted by atomic mass is 16.4. The molecule has 0 radical (unpaired) electrons. The second-order valence-corrected chi connectivity index (χ2v) is 4.03. The topological polar surface area (TPSA) is 95.5 Å². The average Bonchev–Trinajstić information content (AvgIpc) is 2.12. The van der Waals surface area contributed by atoms with Crippen LogP contribution >= 0.6 is 0 Å². The van der Waals surface area contributed by atoms with Gasteiger partial charge in [0.2, 0.25) is 0 Å². The minimum absolute atomic E-state index is 0.235. The molecule has 0 atom stereocenters. The summed E-state index contributed by atoms with van der Waals surface area (Å²) in [6, 6.07) is -0.595. The fraction of sp³-hybridized carbons (Fsp3) is 0.500. The Bertz CT molecular complexity index is 345. The van der Waals surface area contributed by atoms with Crippen molar-refractivity contribution in [2.24, 2.45) is 0 Å². The fourth-order valence-corrected chi connectivity index (χ4v) is 1.44. The van der Waals surface area contributed by atoms with E-state index < -0.39 is 17.9 Å². The number of aliphatic carboxylic acids is 1. The summed E-state index contributed by atoms with van der Waals surface area (Å²) in [6.07, 6.45) is 4.31. The molecule has 3 N–H and O–H groups in total. The molecule has 1 saturated carbocycles. The maximum Gasteiger partial charge on any atom is 0.328 e. The predicted molar refractivity (Wildman–Crippen MR) is 55.7 cm³/mol. The van der Waals surface area contributed by atoms with Crippen LogP contribution in [0.5, 0.6) is 0 Å². The van der Waals surface area contributed by atoms with Crippen molar-refractivity contribution in [3.8, 4) is 0 Å². The lowest BCUT2D eigenvalue weighted by Crippen LogP contribution is -2.54.